The van der Waals surface area contributed by atoms with Gasteiger partial charge in [0.25, 0.3) is 0 Å². The average Bonchev–Trinajstić information content (AvgIpc) is 2.00. The lowest BCUT2D eigenvalue weighted by Gasteiger charge is -2.10. The van der Waals surface area contributed by atoms with Crippen molar-refractivity contribution in [3.05, 3.63) is 29.3 Å². The molecule has 0 aliphatic rings. The third kappa shape index (κ3) is 2.57. The number of aromatic nitrogens is 1. The van der Waals surface area contributed by atoms with E-state index >= 15 is 0 Å². The van der Waals surface area contributed by atoms with Crippen LogP contribution in [0.25, 0.3) is 0 Å². The van der Waals surface area contributed by atoms with Gasteiger partial charge in [-0.15, -0.1) is 0 Å². The predicted octanol–water partition coefficient (Wildman–Crippen LogP) is 3.26. The molecule has 0 atom stereocenters. The summed E-state index contributed by atoms with van der Waals surface area (Å²) < 4.78 is 84.3. The maximum atomic E-state index is 12.5. The quantitative estimate of drug-likeness (QED) is 0.626. The van der Waals surface area contributed by atoms with Gasteiger partial charge in [0.15, 0.2) is 5.82 Å². The molecule has 0 spiro atoms. The summed E-state index contributed by atoms with van der Waals surface area (Å²) >= 11 is 0. The normalized spacial score (nSPS) is 13.0. The fourth-order valence-corrected chi connectivity index (χ4v) is 0.811. The predicted molar refractivity (Wildman–Crippen MR) is 34.2 cm³/mol. The monoisotopic (exact) mass is 233 g/mol. The highest BCUT2D eigenvalue weighted by Crippen LogP contribution is 2.35. The highest BCUT2D eigenvalue weighted by Gasteiger charge is 2.39. The van der Waals surface area contributed by atoms with Crippen molar-refractivity contribution in [3.63, 3.8) is 0 Å². The van der Waals surface area contributed by atoms with Gasteiger partial charge in [-0.25, -0.2) is 9.37 Å². The van der Waals surface area contributed by atoms with Gasteiger partial charge < -0.3 is 0 Å². The molecule has 1 aromatic heterocycles. The van der Waals surface area contributed by atoms with E-state index < -0.39 is 29.4 Å². The summed E-state index contributed by atoms with van der Waals surface area (Å²) in [5.41, 5.74) is -3.76. The van der Waals surface area contributed by atoms with E-state index in [1.54, 1.807) is 0 Å². The maximum Gasteiger partial charge on any atom is 0.433 e. The van der Waals surface area contributed by atoms with Crippen molar-refractivity contribution in [2.45, 2.75) is 12.4 Å². The van der Waals surface area contributed by atoms with Gasteiger partial charge in [-0.05, 0) is 6.07 Å². The summed E-state index contributed by atoms with van der Waals surface area (Å²) in [7, 11) is 0. The molecule has 1 rings (SSSR count). The SMILES string of the molecule is Fc1cnc(C(F)(F)F)cc1C(F)(F)F. The Balaban J connectivity index is 3.30. The molecular weight excluding hydrogens is 231 g/mol. The highest BCUT2D eigenvalue weighted by atomic mass is 19.4. The van der Waals surface area contributed by atoms with Gasteiger partial charge in [-0.3, -0.25) is 0 Å². The van der Waals surface area contributed by atoms with Gasteiger partial charge in [0.1, 0.15) is 5.69 Å². The second-order valence-electron chi connectivity index (χ2n) is 2.54. The molecule has 1 nitrogen and oxygen atoms in total. The molecule has 0 aliphatic heterocycles. The Kier molecular flexibility index (Phi) is 2.62. The zero-order valence-electron chi connectivity index (χ0n) is 6.75. The first-order valence-electron chi connectivity index (χ1n) is 3.42. The third-order valence-electron chi connectivity index (χ3n) is 1.45. The molecule has 1 heterocycles. The molecular formula is C7H2F7N. The third-order valence-corrected chi connectivity index (χ3v) is 1.45. The van der Waals surface area contributed by atoms with Crippen LogP contribution in [0, 0.1) is 5.82 Å². The van der Waals surface area contributed by atoms with Gasteiger partial charge in [-0.2, -0.15) is 26.3 Å². The molecule has 0 aliphatic carbocycles. The minimum atomic E-state index is -5.17. The molecule has 1 aromatic rings. The van der Waals surface area contributed by atoms with Crippen LogP contribution in [0.15, 0.2) is 12.3 Å². The molecule has 8 heteroatoms. The summed E-state index contributed by atoms with van der Waals surface area (Å²) in [6, 6.07) is -0.366. The number of halogens is 7. The first-order valence-corrected chi connectivity index (χ1v) is 3.42. The van der Waals surface area contributed by atoms with E-state index in [4.69, 9.17) is 0 Å². The molecule has 15 heavy (non-hydrogen) atoms. The summed E-state index contributed by atoms with van der Waals surface area (Å²) in [5.74, 6) is -1.84. The first kappa shape index (κ1) is 11.7. The van der Waals surface area contributed by atoms with E-state index in [0.717, 1.165) is 0 Å². The van der Waals surface area contributed by atoms with Crippen LogP contribution in [0.3, 0.4) is 0 Å². The summed E-state index contributed by atoms with van der Waals surface area (Å²) in [6.45, 7) is 0. The van der Waals surface area contributed by atoms with Crippen molar-refractivity contribution in [2.75, 3.05) is 0 Å². The Bertz CT molecular complexity index is 365. The molecule has 0 aromatic carbocycles. The van der Waals surface area contributed by atoms with Crippen LogP contribution in [0.2, 0.25) is 0 Å². The minimum absolute atomic E-state index is 0.106. The van der Waals surface area contributed by atoms with Gasteiger partial charge in [-0.1, -0.05) is 0 Å². The first-order chi connectivity index (χ1) is 6.62. The van der Waals surface area contributed by atoms with Crippen molar-refractivity contribution in [1.29, 1.82) is 0 Å². The molecule has 0 N–H and O–H groups in total. The molecule has 0 fully saturated rings. The fraction of sp³-hybridized carbons (Fsp3) is 0.286. The lowest BCUT2D eigenvalue weighted by atomic mass is 10.2. The lowest BCUT2D eigenvalue weighted by Crippen LogP contribution is -2.14. The topological polar surface area (TPSA) is 12.9 Å². The fourth-order valence-electron chi connectivity index (χ4n) is 0.811. The molecule has 0 saturated carbocycles. The van der Waals surface area contributed by atoms with E-state index in [0.29, 0.717) is 0 Å². The van der Waals surface area contributed by atoms with E-state index in [1.165, 1.54) is 0 Å². The Morgan fingerprint density at radius 1 is 0.933 bits per heavy atom. The average molecular weight is 233 g/mol. The number of pyridine rings is 1. The highest BCUT2D eigenvalue weighted by molar-refractivity contribution is 5.22. The minimum Gasteiger partial charge on any atom is -0.249 e. The van der Waals surface area contributed by atoms with Crippen LogP contribution in [0.4, 0.5) is 30.7 Å². The Morgan fingerprint density at radius 3 is 1.87 bits per heavy atom. The van der Waals surface area contributed by atoms with Crippen molar-refractivity contribution >= 4 is 0 Å². The zero-order chi connectivity index (χ0) is 11.9. The van der Waals surface area contributed by atoms with Crippen LogP contribution in [-0.2, 0) is 12.4 Å². The standard InChI is InChI=1S/C7H2F7N/c8-4-2-15-5(7(12,13)14)1-3(4)6(9,10)11/h1-2H. The van der Waals surface area contributed by atoms with E-state index in [-0.39, 0.29) is 12.3 Å². The van der Waals surface area contributed by atoms with Crippen LogP contribution in [-0.4, -0.2) is 4.98 Å². The maximum absolute atomic E-state index is 12.5. The smallest absolute Gasteiger partial charge is 0.249 e. The summed E-state index contributed by atoms with van der Waals surface area (Å²) in [5, 5.41) is 0. The Morgan fingerprint density at radius 2 is 1.47 bits per heavy atom. The zero-order valence-corrected chi connectivity index (χ0v) is 6.75. The lowest BCUT2D eigenvalue weighted by molar-refractivity contribution is -0.146. The van der Waals surface area contributed by atoms with E-state index in [2.05, 4.69) is 4.98 Å². The van der Waals surface area contributed by atoms with Crippen LogP contribution >= 0.6 is 0 Å². The van der Waals surface area contributed by atoms with Crippen molar-refractivity contribution in [3.8, 4) is 0 Å². The van der Waals surface area contributed by atoms with Crippen molar-refractivity contribution in [1.82, 2.24) is 4.98 Å². The molecule has 0 unspecified atom stereocenters. The molecule has 0 saturated heterocycles. The summed E-state index contributed by atoms with van der Waals surface area (Å²) in [6.07, 6.45) is -10.3. The summed E-state index contributed by atoms with van der Waals surface area (Å²) in [4.78, 5) is 2.52. The molecule has 0 amide bonds. The van der Waals surface area contributed by atoms with Crippen molar-refractivity contribution < 1.29 is 30.7 Å². The van der Waals surface area contributed by atoms with Gasteiger partial charge in [0.2, 0.25) is 0 Å². The van der Waals surface area contributed by atoms with E-state index in [9.17, 15) is 30.7 Å². The number of hydrogen-bond acceptors (Lipinski definition) is 1. The van der Waals surface area contributed by atoms with Crippen molar-refractivity contribution in [2.24, 2.45) is 0 Å². The molecule has 84 valence electrons. The van der Waals surface area contributed by atoms with Crippen LogP contribution in [0.1, 0.15) is 11.3 Å². The number of hydrogen-bond donors (Lipinski definition) is 0. The second-order valence-corrected chi connectivity index (χ2v) is 2.54. The number of alkyl halides is 6. The second kappa shape index (κ2) is 3.35. The number of rotatable bonds is 0. The Labute approximate surface area is 78.5 Å². The van der Waals surface area contributed by atoms with E-state index in [1.807, 2.05) is 0 Å². The largest absolute Gasteiger partial charge is 0.433 e. The van der Waals surface area contributed by atoms with Crippen LogP contribution in [0.5, 0.6) is 0 Å². The van der Waals surface area contributed by atoms with Gasteiger partial charge in [0, 0.05) is 0 Å². The Hall–Kier alpha value is -1.34. The van der Waals surface area contributed by atoms with Gasteiger partial charge >= 0.3 is 12.4 Å². The number of nitrogens with zero attached hydrogens (tertiary/aromatic N) is 1. The van der Waals surface area contributed by atoms with Crippen LogP contribution < -0.4 is 0 Å². The molecule has 0 radical (unpaired) electrons. The molecule has 0 bridgehead atoms. The van der Waals surface area contributed by atoms with Gasteiger partial charge in [0.05, 0.1) is 11.8 Å².